The van der Waals surface area contributed by atoms with E-state index >= 15 is 0 Å². The summed E-state index contributed by atoms with van der Waals surface area (Å²) in [4.78, 5) is 62.2. The summed E-state index contributed by atoms with van der Waals surface area (Å²) < 4.78 is 0.877. The third kappa shape index (κ3) is 8.84. The van der Waals surface area contributed by atoms with Gasteiger partial charge in [-0.15, -0.1) is 0 Å². The van der Waals surface area contributed by atoms with E-state index in [0.717, 1.165) is 79.6 Å². The number of rotatable bonds is 11. The molecule has 2 saturated heterocycles. The molecule has 2 atom stereocenters. The van der Waals surface area contributed by atoms with Crippen LogP contribution in [0, 0.1) is 0 Å². The molecule has 2 aromatic carbocycles. The minimum Gasteiger partial charge on any atom is -0.481 e. The van der Waals surface area contributed by atoms with Crippen molar-refractivity contribution >= 4 is 57.4 Å². The summed E-state index contributed by atoms with van der Waals surface area (Å²) in [7, 11) is 1.91. The maximum atomic E-state index is 13.0. The number of hydrogen-bond acceptors (Lipinski definition) is 7. The number of nitrogens with one attached hydrogen (secondary N) is 1. The summed E-state index contributed by atoms with van der Waals surface area (Å²) in [5.74, 6) is -4.81. The molecule has 15 heteroatoms. The van der Waals surface area contributed by atoms with Crippen LogP contribution in [-0.4, -0.2) is 116 Å². The number of halogens is 2. The first-order valence-corrected chi connectivity index (χ1v) is 16.9. The van der Waals surface area contributed by atoms with Gasteiger partial charge in [0, 0.05) is 55.2 Å². The molecule has 0 aliphatic carbocycles. The molecule has 0 radical (unpaired) electrons. The first-order chi connectivity index (χ1) is 22.7. The first-order valence-electron chi connectivity index (χ1n) is 15.7. The Morgan fingerprint density at radius 3 is 2.25 bits per heavy atom. The molecule has 48 heavy (non-hydrogen) atoms. The van der Waals surface area contributed by atoms with Crippen molar-refractivity contribution < 1.29 is 44.4 Å². The summed E-state index contributed by atoms with van der Waals surface area (Å²) >= 11 is 10.0. The lowest BCUT2D eigenvalue weighted by Gasteiger charge is -2.40. The van der Waals surface area contributed by atoms with Gasteiger partial charge in [0.2, 0.25) is 0 Å². The molecule has 2 aromatic rings. The maximum Gasteiger partial charge on any atom is 0.336 e. The minimum atomic E-state index is -2.74. The highest BCUT2D eigenvalue weighted by Gasteiger charge is 2.41. The van der Waals surface area contributed by atoms with Crippen LogP contribution in [0.3, 0.4) is 0 Å². The van der Waals surface area contributed by atoms with Gasteiger partial charge >= 0.3 is 23.9 Å². The SMILES string of the molecule is CN1C(=O)c2ccccc2C1C(CCN1CCC(N2CCCNC2=O)CC1)c1ccc(Br)c(Cl)c1.O=C(O)CC(O)(CC(=O)O)C(=O)O. The van der Waals surface area contributed by atoms with Crippen molar-refractivity contribution in [2.45, 2.75) is 62.1 Å². The molecule has 5 N–H and O–H groups in total. The quantitative estimate of drug-likeness (QED) is 0.224. The van der Waals surface area contributed by atoms with Gasteiger partial charge in [0.15, 0.2) is 5.60 Å². The Kier molecular flexibility index (Phi) is 12.5. The minimum absolute atomic E-state index is 0.0227. The molecule has 5 rings (SSSR count). The molecule has 0 saturated carbocycles. The normalized spacial score (nSPS) is 19.2. The zero-order chi connectivity index (χ0) is 35.2. The molecule has 0 bridgehead atoms. The average Bonchev–Trinajstić information content (AvgIpc) is 3.28. The number of hydrogen-bond donors (Lipinski definition) is 5. The number of carbonyl (C=O) groups is 5. The van der Waals surface area contributed by atoms with Crippen molar-refractivity contribution in [3.63, 3.8) is 0 Å². The van der Waals surface area contributed by atoms with Crippen molar-refractivity contribution in [2.24, 2.45) is 0 Å². The van der Waals surface area contributed by atoms with E-state index in [2.05, 4.69) is 38.3 Å². The van der Waals surface area contributed by atoms with Gasteiger partial charge in [0.05, 0.1) is 23.9 Å². The average molecular weight is 752 g/mol. The Labute approximate surface area is 291 Å². The Hall–Kier alpha value is -3.72. The number of urea groups is 1. The van der Waals surface area contributed by atoms with Gasteiger partial charge in [0.25, 0.3) is 5.91 Å². The highest BCUT2D eigenvalue weighted by atomic mass is 79.9. The fraction of sp³-hybridized carbons (Fsp3) is 0.485. The zero-order valence-corrected chi connectivity index (χ0v) is 28.8. The van der Waals surface area contributed by atoms with Crippen LogP contribution < -0.4 is 5.32 Å². The van der Waals surface area contributed by atoms with Crippen molar-refractivity contribution in [1.29, 1.82) is 0 Å². The van der Waals surface area contributed by atoms with Crippen LogP contribution in [-0.2, 0) is 14.4 Å². The Bertz CT molecular complexity index is 1520. The molecule has 2 fully saturated rings. The van der Waals surface area contributed by atoms with Crippen molar-refractivity contribution in [1.82, 2.24) is 20.0 Å². The second kappa shape index (κ2) is 16.1. The van der Waals surface area contributed by atoms with Crippen LogP contribution >= 0.6 is 27.5 Å². The second-order valence-electron chi connectivity index (χ2n) is 12.3. The lowest BCUT2D eigenvalue weighted by molar-refractivity contribution is -0.170. The van der Waals surface area contributed by atoms with Gasteiger partial charge in [-0.2, -0.15) is 0 Å². The lowest BCUT2D eigenvalue weighted by atomic mass is 9.84. The number of carbonyl (C=O) groups excluding carboxylic acids is 2. The Morgan fingerprint density at radius 2 is 1.67 bits per heavy atom. The van der Waals surface area contributed by atoms with Gasteiger partial charge in [-0.1, -0.05) is 35.9 Å². The van der Waals surface area contributed by atoms with E-state index in [1.165, 1.54) is 0 Å². The number of carboxylic acid groups (broad SMARTS) is 3. The number of aliphatic hydroxyl groups is 1. The first kappa shape index (κ1) is 37.1. The van der Waals surface area contributed by atoms with Gasteiger partial charge < -0.3 is 40.4 Å². The van der Waals surface area contributed by atoms with Crippen LogP contribution in [0.1, 0.15) is 72.0 Å². The highest BCUT2D eigenvalue weighted by molar-refractivity contribution is 9.10. The van der Waals surface area contributed by atoms with E-state index in [9.17, 15) is 24.0 Å². The Morgan fingerprint density at radius 1 is 1.02 bits per heavy atom. The zero-order valence-electron chi connectivity index (χ0n) is 26.5. The number of piperidine rings is 1. The number of benzene rings is 2. The molecule has 13 nitrogen and oxygen atoms in total. The number of nitrogens with zero attached hydrogens (tertiary/aromatic N) is 3. The van der Waals surface area contributed by atoms with Gasteiger partial charge in [0.1, 0.15) is 0 Å². The summed E-state index contributed by atoms with van der Waals surface area (Å²) in [5, 5.41) is 37.5. The highest BCUT2D eigenvalue weighted by Crippen LogP contribution is 2.45. The maximum absolute atomic E-state index is 13.0. The largest absolute Gasteiger partial charge is 0.481 e. The summed E-state index contributed by atoms with van der Waals surface area (Å²) in [6.07, 6.45) is 1.67. The summed E-state index contributed by atoms with van der Waals surface area (Å²) in [5.41, 5.74) is 0.310. The smallest absolute Gasteiger partial charge is 0.336 e. The van der Waals surface area contributed by atoms with Gasteiger partial charge in [-0.3, -0.25) is 14.4 Å². The topological polar surface area (TPSA) is 188 Å². The molecule has 3 aliphatic heterocycles. The molecule has 0 aromatic heterocycles. The van der Waals surface area contributed by atoms with E-state index in [-0.39, 0.29) is 23.9 Å². The fourth-order valence-corrected chi connectivity index (χ4v) is 7.13. The predicted molar refractivity (Wildman–Crippen MR) is 179 cm³/mol. The Balaban J connectivity index is 0.000000341. The molecule has 0 spiro atoms. The third-order valence-electron chi connectivity index (χ3n) is 9.15. The molecular weight excluding hydrogens is 712 g/mol. The predicted octanol–water partition coefficient (Wildman–Crippen LogP) is 4.03. The molecule has 3 amide bonds. The second-order valence-corrected chi connectivity index (χ2v) is 13.6. The van der Waals surface area contributed by atoms with E-state index in [4.69, 9.17) is 32.0 Å². The van der Waals surface area contributed by atoms with Crippen LogP contribution in [0.15, 0.2) is 46.9 Å². The standard InChI is InChI=1S/C27H32BrClN4O2.C6H8O7/c1-31-25(21-5-2-3-6-22(21)26(31)34)20(18-7-8-23(28)24(29)17-18)11-16-32-14-9-19(10-15-32)33-13-4-12-30-27(33)35;7-3(8)1-6(13,5(11)12)2-4(9)10/h2-3,5-8,17,19-20,25H,4,9-16H2,1H3,(H,30,35);13H,1-2H2,(H,7,8)(H,9,10)(H,11,12). The van der Waals surface area contributed by atoms with E-state index in [1.807, 2.05) is 47.2 Å². The van der Waals surface area contributed by atoms with E-state index < -0.39 is 36.4 Å². The van der Waals surface area contributed by atoms with E-state index in [1.54, 1.807) is 0 Å². The molecular formula is C33H40BrClN4O9. The van der Waals surface area contributed by atoms with Crippen molar-refractivity contribution in [3.8, 4) is 0 Å². The van der Waals surface area contributed by atoms with Crippen LogP contribution in [0.25, 0.3) is 0 Å². The molecule has 2 unspecified atom stereocenters. The fourth-order valence-electron chi connectivity index (χ4n) is 6.70. The third-order valence-corrected chi connectivity index (χ3v) is 10.4. The molecule has 3 heterocycles. The van der Waals surface area contributed by atoms with Crippen LogP contribution in [0.2, 0.25) is 5.02 Å². The van der Waals surface area contributed by atoms with Gasteiger partial charge in [-0.05, 0) is 77.5 Å². The van der Waals surface area contributed by atoms with Crippen LogP contribution in [0.4, 0.5) is 4.79 Å². The summed E-state index contributed by atoms with van der Waals surface area (Å²) in [6, 6.07) is 14.5. The monoisotopic (exact) mass is 750 g/mol. The number of amides is 3. The molecule has 3 aliphatic rings. The molecule has 260 valence electrons. The van der Waals surface area contributed by atoms with Crippen molar-refractivity contribution in [2.75, 3.05) is 39.8 Å². The van der Waals surface area contributed by atoms with E-state index in [0.29, 0.717) is 11.1 Å². The van der Waals surface area contributed by atoms with Crippen molar-refractivity contribution in [3.05, 3.63) is 68.7 Å². The number of carboxylic acids is 3. The number of fused-ring (bicyclic) bond motifs is 1. The summed E-state index contributed by atoms with van der Waals surface area (Å²) in [6.45, 7) is 4.57. The van der Waals surface area contributed by atoms with Crippen LogP contribution in [0.5, 0.6) is 0 Å². The van der Waals surface area contributed by atoms with Gasteiger partial charge in [-0.25, -0.2) is 9.59 Å². The number of likely N-dealkylation sites (N-methyl/N-ethyl adjacent to an activating group) is 1. The lowest BCUT2D eigenvalue weighted by Crippen LogP contribution is -2.54. The number of likely N-dealkylation sites (tertiary alicyclic amines) is 1. The number of aliphatic carboxylic acids is 3.